The van der Waals surface area contributed by atoms with Crippen molar-refractivity contribution in [2.45, 2.75) is 29.7 Å². The van der Waals surface area contributed by atoms with Crippen LogP contribution in [0.25, 0.3) is 0 Å². The normalized spacial score (nSPS) is 13.7. The molecule has 17 heavy (non-hydrogen) atoms. The number of aliphatic hydroxyl groups excluding tert-OH is 1. The summed E-state index contributed by atoms with van der Waals surface area (Å²) in [5.74, 6) is 0. The van der Waals surface area contributed by atoms with Crippen LogP contribution in [0.2, 0.25) is 5.02 Å². The first-order valence-electron chi connectivity index (χ1n) is 5.52. The standard InChI is InChI=1S/C12H19ClN2OS/c1-12(2,11(16)15-8-7-14)17-10-5-3-9(13)4-6-10/h3-6,11,15-16H,7-8,14H2,1-2H3. The van der Waals surface area contributed by atoms with Gasteiger partial charge in [-0.15, -0.1) is 11.8 Å². The maximum Gasteiger partial charge on any atom is 0.119 e. The van der Waals surface area contributed by atoms with E-state index in [1.807, 2.05) is 38.1 Å². The van der Waals surface area contributed by atoms with E-state index in [-0.39, 0.29) is 4.75 Å². The van der Waals surface area contributed by atoms with Crippen LogP contribution in [0, 0.1) is 0 Å². The number of nitrogens with two attached hydrogens (primary N) is 1. The lowest BCUT2D eigenvalue weighted by molar-refractivity contribution is 0.108. The molecule has 3 nitrogen and oxygen atoms in total. The first-order chi connectivity index (χ1) is 7.95. The van der Waals surface area contributed by atoms with Crippen molar-refractivity contribution in [1.29, 1.82) is 0 Å². The zero-order valence-electron chi connectivity index (χ0n) is 10.1. The summed E-state index contributed by atoms with van der Waals surface area (Å²) in [7, 11) is 0. The van der Waals surface area contributed by atoms with E-state index in [2.05, 4.69) is 5.32 Å². The average Bonchev–Trinajstić information content (AvgIpc) is 2.28. The number of hydrogen-bond donors (Lipinski definition) is 3. The molecular weight excluding hydrogens is 256 g/mol. The van der Waals surface area contributed by atoms with Crippen LogP contribution in [-0.4, -0.2) is 29.2 Å². The van der Waals surface area contributed by atoms with E-state index in [4.69, 9.17) is 17.3 Å². The van der Waals surface area contributed by atoms with E-state index in [1.54, 1.807) is 11.8 Å². The van der Waals surface area contributed by atoms with Crippen molar-refractivity contribution in [3.63, 3.8) is 0 Å². The Balaban J connectivity index is 2.61. The second-order valence-corrected chi connectivity index (χ2v) is 6.47. The summed E-state index contributed by atoms with van der Waals surface area (Å²) < 4.78 is -0.330. The highest BCUT2D eigenvalue weighted by Crippen LogP contribution is 2.34. The van der Waals surface area contributed by atoms with Crippen LogP contribution in [0.4, 0.5) is 0 Å². The monoisotopic (exact) mass is 274 g/mol. The highest BCUT2D eigenvalue weighted by Gasteiger charge is 2.28. The molecule has 0 aliphatic carbocycles. The highest BCUT2D eigenvalue weighted by molar-refractivity contribution is 8.00. The molecule has 5 heteroatoms. The molecule has 4 N–H and O–H groups in total. The van der Waals surface area contributed by atoms with E-state index in [9.17, 15) is 5.11 Å². The summed E-state index contributed by atoms with van der Waals surface area (Å²) >= 11 is 7.43. The first kappa shape index (κ1) is 14.8. The predicted molar refractivity (Wildman–Crippen MR) is 74.5 cm³/mol. The SMILES string of the molecule is CC(C)(Sc1ccc(Cl)cc1)C(O)NCCN. The van der Waals surface area contributed by atoms with Gasteiger partial charge >= 0.3 is 0 Å². The third-order valence-electron chi connectivity index (χ3n) is 2.34. The van der Waals surface area contributed by atoms with Crippen molar-refractivity contribution in [2.75, 3.05) is 13.1 Å². The van der Waals surface area contributed by atoms with Crippen LogP contribution < -0.4 is 11.1 Å². The van der Waals surface area contributed by atoms with Gasteiger partial charge in [-0.05, 0) is 38.1 Å². The highest BCUT2D eigenvalue weighted by atomic mass is 35.5. The van der Waals surface area contributed by atoms with Crippen molar-refractivity contribution in [2.24, 2.45) is 5.73 Å². The largest absolute Gasteiger partial charge is 0.377 e. The summed E-state index contributed by atoms with van der Waals surface area (Å²) in [6, 6.07) is 7.59. The third kappa shape index (κ3) is 4.85. The number of thioether (sulfide) groups is 1. The minimum Gasteiger partial charge on any atom is -0.377 e. The summed E-state index contributed by atoms with van der Waals surface area (Å²) in [5, 5.41) is 13.7. The second kappa shape index (κ2) is 6.61. The lowest BCUT2D eigenvalue weighted by Crippen LogP contribution is -2.46. The fourth-order valence-electron chi connectivity index (χ4n) is 1.33. The van der Waals surface area contributed by atoms with Gasteiger partial charge in [0.1, 0.15) is 6.23 Å². The van der Waals surface area contributed by atoms with Crippen LogP contribution in [0.15, 0.2) is 29.2 Å². The van der Waals surface area contributed by atoms with Gasteiger partial charge < -0.3 is 10.8 Å². The van der Waals surface area contributed by atoms with E-state index in [1.165, 1.54) is 0 Å². The molecule has 1 rings (SSSR count). The predicted octanol–water partition coefficient (Wildman–Crippen LogP) is 2.08. The Morgan fingerprint density at radius 3 is 2.53 bits per heavy atom. The van der Waals surface area contributed by atoms with Gasteiger partial charge in [-0.3, -0.25) is 5.32 Å². The summed E-state index contributed by atoms with van der Waals surface area (Å²) in [6.07, 6.45) is -0.605. The molecule has 0 spiro atoms. The Morgan fingerprint density at radius 1 is 1.41 bits per heavy atom. The Labute approximate surface area is 112 Å². The molecule has 0 aliphatic rings. The van der Waals surface area contributed by atoms with Gasteiger partial charge in [0.25, 0.3) is 0 Å². The van der Waals surface area contributed by atoms with Crippen molar-refractivity contribution < 1.29 is 5.11 Å². The molecule has 0 bridgehead atoms. The van der Waals surface area contributed by atoms with Gasteiger partial charge in [-0.25, -0.2) is 0 Å². The Morgan fingerprint density at radius 2 is 2.00 bits per heavy atom. The number of rotatable bonds is 6. The molecule has 0 aliphatic heterocycles. The van der Waals surface area contributed by atoms with Gasteiger partial charge in [0.2, 0.25) is 0 Å². The number of hydrogen-bond acceptors (Lipinski definition) is 4. The lowest BCUT2D eigenvalue weighted by atomic mass is 10.2. The van der Waals surface area contributed by atoms with Crippen molar-refractivity contribution >= 4 is 23.4 Å². The Kier molecular flexibility index (Phi) is 5.76. The molecule has 0 amide bonds. The molecule has 96 valence electrons. The first-order valence-corrected chi connectivity index (χ1v) is 6.71. The van der Waals surface area contributed by atoms with Crippen LogP contribution in [-0.2, 0) is 0 Å². The van der Waals surface area contributed by atoms with E-state index in [0.717, 1.165) is 4.90 Å². The van der Waals surface area contributed by atoms with Crippen molar-refractivity contribution in [1.82, 2.24) is 5.32 Å². The smallest absolute Gasteiger partial charge is 0.119 e. The summed E-state index contributed by atoms with van der Waals surface area (Å²) in [5.41, 5.74) is 5.39. The molecule has 0 saturated heterocycles. The zero-order chi connectivity index (χ0) is 12.9. The van der Waals surface area contributed by atoms with Crippen molar-refractivity contribution in [3.05, 3.63) is 29.3 Å². The topological polar surface area (TPSA) is 58.3 Å². The molecule has 1 aromatic carbocycles. The quantitative estimate of drug-likeness (QED) is 0.549. The molecular formula is C12H19ClN2OS. The zero-order valence-corrected chi connectivity index (χ0v) is 11.7. The number of benzene rings is 1. The molecule has 0 heterocycles. The fourth-order valence-corrected chi connectivity index (χ4v) is 2.53. The third-order valence-corrected chi connectivity index (χ3v) is 3.84. The van der Waals surface area contributed by atoms with E-state index < -0.39 is 6.23 Å². The van der Waals surface area contributed by atoms with E-state index >= 15 is 0 Å². The molecule has 0 saturated carbocycles. The summed E-state index contributed by atoms with van der Waals surface area (Å²) in [4.78, 5) is 1.08. The Hall–Kier alpha value is -0.260. The van der Waals surface area contributed by atoms with Crippen LogP contribution in [0.1, 0.15) is 13.8 Å². The average molecular weight is 275 g/mol. The number of halogens is 1. The number of nitrogens with one attached hydrogen (secondary N) is 1. The summed E-state index contributed by atoms with van der Waals surface area (Å²) in [6.45, 7) is 5.09. The maximum absolute atomic E-state index is 10.0. The van der Waals surface area contributed by atoms with Crippen molar-refractivity contribution in [3.8, 4) is 0 Å². The maximum atomic E-state index is 10.0. The molecule has 0 radical (unpaired) electrons. The van der Waals surface area contributed by atoms with Gasteiger partial charge in [0.05, 0.1) is 4.75 Å². The fraction of sp³-hybridized carbons (Fsp3) is 0.500. The van der Waals surface area contributed by atoms with Crippen LogP contribution >= 0.6 is 23.4 Å². The number of aliphatic hydroxyl groups is 1. The van der Waals surface area contributed by atoms with Gasteiger partial charge in [-0.1, -0.05) is 11.6 Å². The van der Waals surface area contributed by atoms with Gasteiger partial charge in [0.15, 0.2) is 0 Å². The molecule has 1 atom stereocenters. The molecule has 1 aromatic rings. The molecule has 0 fully saturated rings. The van der Waals surface area contributed by atoms with E-state index in [0.29, 0.717) is 18.1 Å². The lowest BCUT2D eigenvalue weighted by Gasteiger charge is -2.30. The molecule has 1 unspecified atom stereocenters. The molecule has 0 aromatic heterocycles. The minimum absolute atomic E-state index is 0.330. The van der Waals surface area contributed by atoms with Gasteiger partial charge in [0, 0.05) is 23.0 Å². The second-order valence-electron chi connectivity index (χ2n) is 4.30. The minimum atomic E-state index is -0.605. The van der Waals surface area contributed by atoms with Gasteiger partial charge in [-0.2, -0.15) is 0 Å². The van der Waals surface area contributed by atoms with Crippen LogP contribution in [0.3, 0.4) is 0 Å². The van der Waals surface area contributed by atoms with Crippen LogP contribution in [0.5, 0.6) is 0 Å². The Bertz CT molecular complexity index is 343.